The summed E-state index contributed by atoms with van der Waals surface area (Å²) in [6.07, 6.45) is -0.558. The van der Waals surface area contributed by atoms with Crippen LogP contribution in [0.1, 0.15) is 41.0 Å². The third-order valence-electron chi connectivity index (χ3n) is 2.88. The van der Waals surface area contributed by atoms with Gasteiger partial charge in [-0.15, -0.1) is 0 Å². The molecule has 0 saturated heterocycles. The average molecular weight is 360 g/mol. The molecule has 10 heteroatoms. The topological polar surface area (TPSA) is 77.0 Å². The van der Waals surface area contributed by atoms with Gasteiger partial charge in [-0.1, -0.05) is 13.8 Å². The third kappa shape index (κ3) is 6.54. The molecule has 1 N–H and O–H groups in total. The van der Waals surface area contributed by atoms with E-state index in [-0.39, 0.29) is 17.0 Å². The van der Waals surface area contributed by atoms with Gasteiger partial charge in [0.05, 0.1) is 0 Å². The van der Waals surface area contributed by atoms with E-state index in [0.29, 0.717) is 13.0 Å². The van der Waals surface area contributed by atoms with Crippen molar-refractivity contribution >= 4 is 16.1 Å². The fourth-order valence-electron chi connectivity index (χ4n) is 1.92. The van der Waals surface area contributed by atoms with Gasteiger partial charge < -0.3 is 10.1 Å². The first kappa shape index (κ1) is 20.0. The number of ether oxygens (including phenoxy) is 1. The monoisotopic (exact) mass is 360 g/mol. The van der Waals surface area contributed by atoms with Crippen molar-refractivity contribution in [1.29, 1.82) is 0 Å². The number of alkyl halides is 3. The van der Waals surface area contributed by atoms with Crippen LogP contribution >= 0.6 is 0 Å². The lowest BCUT2D eigenvalue weighted by molar-refractivity contribution is -0.0567. The standard InChI is InChI=1S/C13H23F3N2O4S/c1-11(2,3)18-10-17-8-12(4,5)6-9(22-10)7-21-23(19,20)13(14,15)16/h9H,6-8H2,1-5H3,(H,17,18). The molecule has 0 aromatic carbocycles. The van der Waals surface area contributed by atoms with Gasteiger partial charge in [-0.05, 0) is 32.6 Å². The second-order valence-electron chi connectivity index (χ2n) is 7.29. The van der Waals surface area contributed by atoms with Crippen LogP contribution in [0.15, 0.2) is 4.99 Å². The Morgan fingerprint density at radius 3 is 2.39 bits per heavy atom. The molecule has 0 aromatic heterocycles. The Hall–Kier alpha value is -1.03. The molecular formula is C13H23F3N2O4S. The van der Waals surface area contributed by atoms with E-state index in [2.05, 4.69) is 14.5 Å². The summed E-state index contributed by atoms with van der Waals surface area (Å²) in [5.74, 6) is 0. The fourth-order valence-corrected chi connectivity index (χ4v) is 2.38. The Bertz CT molecular complexity index is 551. The van der Waals surface area contributed by atoms with E-state index in [0.717, 1.165) is 0 Å². The SMILES string of the molecule is CC1(C)CN=C(NC(C)(C)C)OC(COS(=O)(=O)C(F)(F)F)C1. The van der Waals surface area contributed by atoms with E-state index in [4.69, 9.17) is 4.74 Å². The van der Waals surface area contributed by atoms with Gasteiger partial charge in [0.25, 0.3) is 6.02 Å². The summed E-state index contributed by atoms with van der Waals surface area (Å²) in [6.45, 7) is 9.01. The summed E-state index contributed by atoms with van der Waals surface area (Å²) in [5, 5.41) is 2.99. The molecule has 1 atom stereocenters. The van der Waals surface area contributed by atoms with Gasteiger partial charge in [-0.3, -0.25) is 4.18 Å². The molecule has 136 valence electrons. The quantitative estimate of drug-likeness (QED) is 0.618. The largest absolute Gasteiger partial charge is 0.523 e. The summed E-state index contributed by atoms with van der Waals surface area (Å²) < 4.78 is 68.6. The number of amidine groups is 1. The minimum absolute atomic E-state index is 0.168. The van der Waals surface area contributed by atoms with Gasteiger partial charge in [-0.25, -0.2) is 4.99 Å². The van der Waals surface area contributed by atoms with Crippen LogP contribution in [0.2, 0.25) is 0 Å². The van der Waals surface area contributed by atoms with Crippen molar-refractivity contribution < 1.29 is 30.5 Å². The maximum atomic E-state index is 12.3. The second kappa shape index (κ2) is 6.46. The number of nitrogens with zero attached hydrogens (tertiary/aromatic N) is 1. The van der Waals surface area contributed by atoms with Crippen molar-refractivity contribution in [2.75, 3.05) is 13.2 Å². The number of nitrogens with one attached hydrogen (secondary N) is 1. The van der Waals surface area contributed by atoms with Gasteiger partial charge in [-0.2, -0.15) is 21.6 Å². The average Bonchev–Trinajstić information content (AvgIpc) is 2.42. The Labute approximate surface area is 134 Å². The van der Waals surface area contributed by atoms with Crippen LogP contribution in [0.3, 0.4) is 0 Å². The number of hydrogen-bond donors (Lipinski definition) is 1. The van der Waals surface area contributed by atoms with Crippen molar-refractivity contribution in [2.24, 2.45) is 10.4 Å². The summed E-state index contributed by atoms with van der Waals surface area (Å²) in [4.78, 5) is 4.26. The molecule has 1 aliphatic heterocycles. The Morgan fingerprint density at radius 2 is 1.91 bits per heavy atom. The van der Waals surface area contributed by atoms with Crippen molar-refractivity contribution in [3.05, 3.63) is 0 Å². The van der Waals surface area contributed by atoms with Crippen LogP contribution in [-0.2, 0) is 19.0 Å². The van der Waals surface area contributed by atoms with Crippen LogP contribution in [0.4, 0.5) is 13.2 Å². The van der Waals surface area contributed by atoms with Gasteiger partial charge >= 0.3 is 15.6 Å². The van der Waals surface area contributed by atoms with Crippen LogP contribution in [-0.4, -0.2) is 44.7 Å². The molecule has 1 aliphatic rings. The normalized spacial score (nSPS) is 22.8. The van der Waals surface area contributed by atoms with Gasteiger partial charge in [0, 0.05) is 12.1 Å². The molecule has 1 unspecified atom stereocenters. The zero-order chi connectivity index (χ0) is 18.1. The number of hydrogen-bond acceptors (Lipinski definition) is 6. The van der Waals surface area contributed by atoms with Crippen LogP contribution < -0.4 is 5.32 Å². The van der Waals surface area contributed by atoms with E-state index >= 15 is 0 Å². The second-order valence-corrected chi connectivity index (χ2v) is 8.90. The van der Waals surface area contributed by atoms with Crippen LogP contribution in [0.25, 0.3) is 0 Å². The highest BCUT2D eigenvalue weighted by Crippen LogP contribution is 2.29. The Kier molecular flexibility index (Phi) is 5.62. The van der Waals surface area contributed by atoms with Crippen molar-refractivity contribution in [1.82, 2.24) is 5.32 Å². The van der Waals surface area contributed by atoms with Crippen LogP contribution in [0, 0.1) is 5.41 Å². The summed E-state index contributed by atoms with van der Waals surface area (Å²) in [6, 6.07) is 0.168. The molecule has 0 radical (unpaired) electrons. The lowest BCUT2D eigenvalue weighted by Crippen LogP contribution is -2.43. The summed E-state index contributed by atoms with van der Waals surface area (Å²) in [7, 11) is -5.64. The lowest BCUT2D eigenvalue weighted by Gasteiger charge is -2.26. The first-order valence-corrected chi connectivity index (χ1v) is 8.47. The molecule has 0 spiro atoms. The van der Waals surface area contributed by atoms with E-state index in [1.165, 1.54) is 0 Å². The van der Waals surface area contributed by atoms with E-state index in [9.17, 15) is 21.6 Å². The first-order chi connectivity index (χ1) is 10.1. The zero-order valence-electron chi connectivity index (χ0n) is 13.8. The highest BCUT2D eigenvalue weighted by Gasteiger charge is 2.48. The molecule has 0 saturated carbocycles. The fraction of sp³-hybridized carbons (Fsp3) is 0.923. The minimum Gasteiger partial charge on any atom is -0.459 e. The first-order valence-electron chi connectivity index (χ1n) is 7.06. The summed E-state index contributed by atoms with van der Waals surface area (Å²) in [5.41, 5.74) is -6.18. The van der Waals surface area contributed by atoms with E-state index < -0.39 is 28.3 Å². The Morgan fingerprint density at radius 1 is 1.35 bits per heavy atom. The van der Waals surface area contributed by atoms with Gasteiger partial charge in [0.15, 0.2) is 0 Å². The molecule has 0 bridgehead atoms. The van der Waals surface area contributed by atoms with E-state index in [1.807, 2.05) is 34.6 Å². The van der Waals surface area contributed by atoms with Gasteiger partial charge in [0.2, 0.25) is 0 Å². The minimum atomic E-state index is -5.64. The molecule has 0 fully saturated rings. The maximum absolute atomic E-state index is 12.3. The number of rotatable bonds is 3. The molecule has 0 aromatic rings. The third-order valence-corrected chi connectivity index (χ3v) is 3.90. The molecule has 6 nitrogen and oxygen atoms in total. The smallest absolute Gasteiger partial charge is 0.459 e. The van der Waals surface area contributed by atoms with Crippen molar-refractivity contribution in [3.63, 3.8) is 0 Å². The molecule has 1 rings (SSSR count). The predicted octanol–water partition coefficient (Wildman–Crippen LogP) is 2.41. The maximum Gasteiger partial charge on any atom is 0.523 e. The number of aliphatic imine (C=N–C) groups is 1. The molecule has 1 heterocycles. The molecular weight excluding hydrogens is 337 g/mol. The molecule has 23 heavy (non-hydrogen) atoms. The van der Waals surface area contributed by atoms with Crippen LogP contribution in [0.5, 0.6) is 0 Å². The number of halogens is 3. The Balaban J connectivity index is 2.83. The zero-order valence-corrected chi connectivity index (χ0v) is 14.6. The lowest BCUT2D eigenvalue weighted by atomic mass is 9.87. The molecule has 0 aliphatic carbocycles. The predicted molar refractivity (Wildman–Crippen MR) is 79.4 cm³/mol. The van der Waals surface area contributed by atoms with Crippen molar-refractivity contribution in [3.8, 4) is 0 Å². The van der Waals surface area contributed by atoms with E-state index in [1.54, 1.807) is 0 Å². The molecule has 0 amide bonds. The van der Waals surface area contributed by atoms with Gasteiger partial charge in [0.1, 0.15) is 12.7 Å². The van der Waals surface area contributed by atoms with Crippen molar-refractivity contribution in [2.45, 2.75) is 58.2 Å². The summed E-state index contributed by atoms with van der Waals surface area (Å²) >= 11 is 0. The highest BCUT2D eigenvalue weighted by atomic mass is 32.2. The highest BCUT2D eigenvalue weighted by molar-refractivity contribution is 7.87.